The molecule has 1 N–H and O–H groups in total. The Morgan fingerprint density at radius 1 is 1.26 bits per heavy atom. The van der Waals surface area contributed by atoms with Gasteiger partial charge in [-0.05, 0) is 26.8 Å². The molecule has 19 heavy (non-hydrogen) atoms. The van der Waals surface area contributed by atoms with Crippen molar-refractivity contribution in [3.63, 3.8) is 0 Å². The van der Waals surface area contributed by atoms with E-state index < -0.39 is 0 Å². The molecular weight excluding hydrogens is 243 g/mol. The lowest BCUT2D eigenvalue weighted by atomic mass is 10.1. The Balaban J connectivity index is 2.03. The molecule has 5 heteroatoms. The number of hydrogen-bond donors (Lipinski definition) is 1. The van der Waals surface area contributed by atoms with E-state index in [-0.39, 0.29) is 17.9 Å². The van der Waals surface area contributed by atoms with Crippen LogP contribution in [0.15, 0.2) is 30.6 Å². The molecule has 0 fully saturated rings. The minimum atomic E-state index is -0.187. The highest BCUT2D eigenvalue weighted by atomic mass is 19.1. The van der Waals surface area contributed by atoms with Crippen LogP contribution in [-0.2, 0) is 6.54 Å². The molecule has 0 saturated carbocycles. The Morgan fingerprint density at radius 2 is 2.00 bits per heavy atom. The van der Waals surface area contributed by atoms with Crippen LogP contribution in [-0.4, -0.2) is 14.8 Å². The molecule has 1 aromatic heterocycles. The molecule has 102 valence electrons. The van der Waals surface area contributed by atoms with Crippen LogP contribution in [0, 0.1) is 5.82 Å². The van der Waals surface area contributed by atoms with Crippen LogP contribution in [0.4, 0.5) is 4.39 Å². The van der Waals surface area contributed by atoms with Crippen LogP contribution in [0.5, 0.6) is 0 Å². The summed E-state index contributed by atoms with van der Waals surface area (Å²) in [6.07, 6.45) is 1.55. The van der Waals surface area contributed by atoms with Gasteiger partial charge in [-0.3, -0.25) is 0 Å². The fourth-order valence-electron chi connectivity index (χ4n) is 2.01. The number of aromatic nitrogens is 3. The molecular formula is C14H19FN4. The fourth-order valence-corrected chi connectivity index (χ4v) is 2.01. The molecule has 0 saturated heterocycles. The second-order valence-electron chi connectivity index (χ2n) is 4.84. The van der Waals surface area contributed by atoms with Crippen LogP contribution < -0.4 is 5.32 Å². The molecule has 1 aromatic carbocycles. The van der Waals surface area contributed by atoms with Crippen molar-refractivity contribution in [1.82, 2.24) is 20.1 Å². The zero-order valence-electron chi connectivity index (χ0n) is 11.5. The van der Waals surface area contributed by atoms with Gasteiger partial charge in [-0.15, -0.1) is 0 Å². The van der Waals surface area contributed by atoms with Gasteiger partial charge in [0.15, 0.2) is 0 Å². The fraction of sp³-hybridized carbons (Fsp3) is 0.429. The van der Waals surface area contributed by atoms with E-state index in [1.807, 2.05) is 17.7 Å². The summed E-state index contributed by atoms with van der Waals surface area (Å²) >= 11 is 0. The van der Waals surface area contributed by atoms with Gasteiger partial charge in [-0.1, -0.05) is 18.2 Å². The van der Waals surface area contributed by atoms with Crippen LogP contribution in [0.3, 0.4) is 0 Å². The van der Waals surface area contributed by atoms with Gasteiger partial charge in [0.05, 0.1) is 6.54 Å². The highest BCUT2D eigenvalue weighted by Crippen LogP contribution is 2.16. The summed E-state index contributed by atoms with van der Waals surface area (Å²) in [5, 5.41) is 7.45. The molecule has 1 heterocycles. The van der Waals surface area contributed by atoms with E-state index in [0.717, 1.165) is 5.82 Å². The molecule has 0 bridgehead atoms. The SMILES string of the molecule is CC(NCc1ncnn1C(C)C)c1ccccc1F. The van der Waals surface area contributed by atoms with Gasteiger partial charge in [0.25, 0.3) is 0 Å². The third-order valence-electron chi connectivity index (χ3n) is 3.07. The summed E-state index contributed by atoms with van der Waals surface area (Å²) in [6, 6.07) is 7.00. The molecule has 0 spiro atoms. The smallest absolute Gasteiger partial charge is 0.141 e. The van der Waals surface area contributed by atoms with E-state index in [4.69, 9.17) is 0 Å². The first-order valence-electron chi connectivity index (χ1n) is 6.45. The average Bonchev–Trinajstić information content (AvgIpc) is 2.85. The molecule has 2 aromatic rings. The monoisotopic (exact) mass is 262 g/mol. The molecule has 4 nitrogen and oxygen atoms in total. The zero-order chi connectivity index (χ0) is 13.8. The summed E-state index contributed by atoms with van der Waals surface area (Å²) in [7, 11) is 0. The van der Waals surface area contributed by atoms with Crippen molar-refractivity contribution in [2.45, 2.75) is 39.4 Å². The highest BCUT2D eigenvalue weighted by molar-refractivity contribution is 5.20. The maximum Gasteiger partial charge on any atom is 0.141 e. The lowest BCUT2D eigenvalue weighted by Gasteiger charge is -2.16. The quantitative estimate of drug-likeness (QED) is 0.901. The summed E-state index contributed by atoms with van der Waals surface area (Å²) in [4.78, 5) is 4.22. The highest BCUT2D eigenvalue weighted by Gasteiger charge is 2.12. The number of rotatable bonds is 5. The molecule has 0 aliphatic heterocycles. The summed E-state index contributed by atoms with van der Waals surface area (Å²) in [6.45, 7) is 6.61. The van der Waals surface area contributed by atoms with Crippen molar-refractivity contribution in [1.29, 1.82) is 0 Å². The van der Waals surface area contributed by atoms with Crippen LogP contribution >= 0.6 is 0 Å². The Bertz CT molecular complexity index is 536. The molecule has 2 rings (SSSR count). The van der Waals surface area contributed by atoms with Gasteiger partial charge < -0.3 is 5.32 Å². The number of nitrogens with zero attached hydrogens (tertiary/aromatic N) is 3. The summed E-state index contributed by atoms with van der Waals surface area (Å²) in [5.74, 6) is 0.672. The van der Waals surface area contributed by atoms with E-state index in [2.05, 4.69) is 29.2 Å². The second-order valence-corrected chi connectivity index (χ2v) is 4.84. The maximum atomic E-state index is 13.6. The van der Waals surface area contributed by atoms with E-state index in [9.17, 15) is 4.39 Å². The Hall–Kier alpha value is -1.75. The van der Waals surface area contributed by atoms with E-state index in [1.165, 1.54) is 6.07 Å². The van der Waals surface area contributed by atoms with Crippen molar-refractivity contribution in [3.05, 3.63) is 47.8 Å². The Kier molecular flexibility index (Phi) is 4.27. The van der Waals surface area contributed by atoms with Crippen LogP contribution in [0.2, 0.25) is 0 Å². The van der Waals surface area contributed by atoms with Crippen LogP contribution in [0.1, 0.15) is 44.2 Å². The van der Waals surface area contributed by atoms with Crippen LogP contribution in [0.25, 0.3) is 0 Å². The topological polar surface area (TPSA) is 42.7 Å². The van der Waals surface area contributed by atoms with Gasteiger partial charge in [0.2, 0.25) is 0 Å². The normalized spacial score (nSPS) is 12.9. The second kappa shape index (κ2) is 5.93. The molecule has 0 radical (unpaired) electrons. The molecule has 0 aliphatic carbocycles. The van der Waals surface area contributed by atoms with E-state index in [0.29, 0.717) is 12.1 Å². The molecule has 0 aliphatic rings. The van der Waals surface area contributed by atoms with Gasteiger partial charge in [0.1, 0.15) is 18.0 Å². The maximum absolute atomic E-state index is 13.6. The van der Waals surface area contributed by atoms with Gasteiger partial charge in [-0.25, -0.2) is 14.1 Å². The number of benzene rings is 1. The average molecular weight is 262 g/mol. The molecule has 1 atom stereocenters. The first-order valence-corrected chi connectivity index (χ1v) is 6.45. The van der Waals surface area contributed by atoms with E-state index in [1.54, 1.807) is 18.5 Å². The van der Waals surface area contributed by atoms with Crippen molar-refractivity contribution in [2.75, 3.05) is 0 Å². The Morgan fingerprint density at radius 3 is 2.68 bits per heavy atom. The van der Waals surface area contributed by atoms with E-state index >= 15 is 0 Å². The van der Waals surface area contributed by atoms with Gasteiger partial charge in [-0.2, -0.15) is 5.10 Å². The lowest BCUT2D eigenvalue weighted by molar-refractivity contribution is 0.466. The summed E-state index contributed by atoms with van der Waals surface area (Å²) < 4.78 is 15.5. The minimum absolute atomic E-state index is 0.0708. The van der Waals surface area contributed by atoms with Crippen molar-refractivity contribution in [2.24, 2.45) is 0 Å². The third-order valence-corrected chi connectivity index (χ3v) is 3.07. The Labute approximate surface area is 112 Å². The predicted molar refractivity (Wildman–Crippen MR) is 72.1 cm³/mol. The predicted octanol–water partition coefficient (Wildman–Crippen LogP) is 2.85. The first-order chi connectivity index (χ1) is 9.09. The van der Waals surface area contributed by atoms with Crippen molar-refractivity contribution in [3.8, 4) is 0 Å². The molecule has 0 amide bonds. The standard InChI is InChI=1S/C14H19FN4/c1-10(2)19-14(17-9-18-19)8-16-11(3)12-6-4-5-7-13(12)15/h4-7,9-11,16H,8H2,1-3H3. The molecule has 1 unspecified atom stereocenters. The van der Waals surface area contributed by atoms with Crippen molar-refractivity contribution >= 4 is 0 Å². The largest absolute Gasteiger partial charge is 0.303 e. The minimum Gasteiger partial charge on any atom is -0.303 e. The summed E-state index contributed by atoms with van der Waals surface area (Å²) in [5.41, 5.74) is 0.665. The van der Waals surface area contributed by atoms with Gasteiger partial charge in [0, 0.05) is 17.6 Å². The number of halogens is 1. The lowest BCUT2D eigenvalue weighted by Crippen LogP contribution is -2.22. The number of nitrogens with one attached hydrogen (secondary N) is 1. The zero-order valence-corrected chi connectivity index (χ0v) is 11.5. The van der Waals surface area contributed by atoms with Gasteiger partial charge >= 0.3 is 0 Å². The first kappa shape index (κ1) is 13.7. The third kappa shape index (κ3) is 3.17. The number of hydrogen-bond acceptors (Lipinski definition) is 3. The van der Waals surface area contributed by atoms with Crippen molar-refractivity contribution < 1.29 is 4.39 Å².